The SMILES string of the molecule is CC/C(=N/O)c1ccc(OCCC(=O)NC)cc1. The highest BCUT2D eigenvalue weighted by Gasteiger charge is 2.03. The molecule has 0 heterocycles. The third-order valence-corrected chi connectivity index (χ3v) is 2.52. The van der Waals surface area contributed by atoms with Crippen molar-refractivity contribution in [3.05, 3.63) is 29.8 Å². The van der Waals surface area contributed by atoms with Gasteiger partial charge in [0.1, 0.15) is 5.75 Å². The highest BCUT2D eigenvalue weighted by molar-refractivity contribution is 6.00. The first kappa shape index (κ1) is 14.0. The van der Waals surface area contributed by atoms with E-state index in [1.54, 1.807) is 19.2 Å². The third-order valence-electron chi connectivity index (χ3n) is 2.52. The summed E-state index contributed by atoms with van der Waals surface area (Å²) in [6, 6.07) is 7.24. The van der Waals surface area contributed by atoms with E-state index in [4.69, 9.17) is 9.94 Å². The maximum Gasteiger partial charge on any atom is 0.223 e. The molecule has 2 N–H and O–H groups in total. The molecular weight excluding hydrogens is 232 g/mol. The Kier molecular flexibility index (Phi) is 5.70. The highest BCUT2D eigenvalue weighted by atomic mass is 16.5. The minimum atomic E-state index is -0.0488. The number of ether oxygens (including phenoxy) is 1. The molecule has 0 bridgehead atoms. The normalized spacial score (nSPS) is 11.1. The van der Waals surface area contributed by atoms with Crippen LogP contribution < -0.4 is 10.1 Å². The maximum atomic E-state index is 11.0. The van der Waals surface area contributed by atoms with Gasteiger partial charge in [-0.2, -0.15) is 0 Å². The van der Waals surface area contributed by atoms with Crippen LogP contribution in [0.2, 0.25) is 0 Å². The largest absolute Gasteiger partial charge is 0.493 e. The molecule has 0 atom stereocenters. The average Bonchev–Trinajstić information content (AvgIpc) is 2.41. The first-order valence-electron chi connectivity index (χ1n) is 5.86. The van der Waals surface area contributed by atoms with Crippen molar-refractivity contribution in [1.29, 1.82) is 0 Å². The van der Waals surface area contributed by atoms with Gasteiger partial charge in [0.25, 0.3) is 0 Å². The van der Waals surface area contributed by atoms with Crippen LogP contribution in [0.3, 0.4) is 0 Å². The molecule has 1 amide bonds. The lowest BCUT2D eigenvalue weighted by Gasteiger charge is -2.07. The molecule has 1 aromatic rings. The van der Waals surface area contributed by atoms with E-state index in [2.05, 4.69) is 10.5 Å². The molecule has 0 aliphatic rings. The molecule has 18 heavy (non-hydrogen) atoms. The first-order valence-corrected chi connectivity index (χ1v) is 5.86. The highest BCUT2D eigenvalue weighted by Crippen LogP contribution is 2.14. The number of amides is 1. The van der Waals surface area contributed by atoms with E-state index in [0.717, 1.165) is 5.56 Å². The fourth-order valence-corrected chi connectivity index (χ4v) is 1.46. The maximum absolute atomic E-state index is 11.0. The molecule has 5 heteroatoms. The lowest BCUT2D eigenvalue weighted by atomic mass is 10.1. The molecule has 0 unspecified atom stereocenters. The number of carbonyl (C=O) groups is 1. The van der Waals surface area contributed by atoms with Crippen LogP contribution in [0.5, 0.6) is 5.75 Å². The summed E-state index contributed by atoms with van der Waals surface area (Å²) in [5.74, 6) is 0.642. The minimum Gasteiger partial charge on any atom is -0.493 e. The molecule has 0 aromatic heterocycles. The van der Waals surface area contributed by atoms with Gasteiger partial charge >= 0.3 is 0 Å². The quantitative estimate of drug-likeness (QED) is 0.459. The summed E-state index contributed by atoms with van der Waals surface area (Å²) >= 11 is 0. The van der Waals surface area contributed by atoms with Gasteiger partial charge in [-0.3, -0.25) is 4.79 Å². The number of oxime groups is 1. The Balaban J connectivity index is 2.53. The average molecular weight is 250 g/mol. The predicted molar refractivity (Wildman–Crippen MR) is 69.2 cm³/mol. The lowest BCUT2D eigenvalue weighted by molar-refractivity contribution is -0.121. The van der Waals surface area contributed by atoms with Crippen LogP contribution in [-0.4, -0.2) is 30.5 Å². The van der Waals surface area contributed by atoms with Crippen LogP contribution in [0, 0.1) is 0 Å². The Morgan fingerprint density at radius 1 is 1.39 bits per heavy atom. The summed E-state index contributed by atoms with van der Waals surface area (Å²) in [5, 5.41) is 14.5. The van der Waals surface area contributed by atoms with Crippen molar-refractivity contribution < 1.29 is 14.7 Å². The van der Waals surface area contributed by atoms with Crippen molar-refractivity contribution >= 4 is 11.6 Å². The zero-order chi connectivity index (χ0) is 13.4. The monoisotopic (exact) mass is 250 g/mol. The molecule has 1 rings (SSSR count). The molecule has 0 spiro atoms. The molecule has 0 radical (unpaired) electrons. The molecule has 0 aliphatic heterocycles. The molecular formula is C13H18N2O3. The van der Waals surface area contributed by atoms with E-state index < -0.39 is 0 Å². The standard InChI is InChI=1S/C13H18N2O3/c1-3-12(15-17)10-4-6-11(7-5-10)18-9-8-13(16)14-2/h4-7,17H,3,8-9H2,1-2H3,(H,14,16)/b15-12-. The van der Waals surface area contributed by atoms with Gasteiger partial charge in [0.05, 0.1) is 18.7 Å². The zero-order valence-corrected chi connectivity index (χ0v) is 10.6. The van der Waals surface area contributed by atoms with Gasteiger partial charge in [-0.05, 0) is 36.2 Å². The van der Waals surface area contributed by atoms with Crippen molar-refractivity contribution in [1.82, 2.24) is 5.32 Å². The van der Waals surface area contributed by atoms with Crippen molar-refractivity contribution in [2.75, 3.05) is 13.7 Å². The van der Waals surface area contributed by atoms with E-state index in [9.17, 15) is 4.79 Å². The summed E-state index contributed by atoms with van der Waals surface area (Å²) in [5.41, 5.74) is 1.49. The Morgan fingerprint density at radius 3 is 2.56 bits per heavy atom. The first-order chi connectivity index (χ1) is 8.71. The van der Waals surface area contributed by atoms with E-state index in [1.165, 1.54) is 0 Å². The van der Waals surface area contributed by atoms with E-state index in [-0.39, 0.29) is 5.91 Å². The molecule has 0 saturated heterocycles. The van der Waals surface area contributed by atoms with Gasteiger partial charge in [0.15, 0.2) is 0 Å². The zero-order valence-electron chi connectivity index (χ0n) is 10.6. The minimum absolute atomic E-state index is 0.0488. The van der Waals surface area contributed by atoms with Gasteiger partial charge < -0.3 is 15.3 Å². The van der Waals surface area contributed by atoms with Crippen LogP contribution in [-0.2, 0) is 4.79 Å². The fraction of sp³-hybridized carbons (Fsp3) is 0.385. The molecule has 0 aliphatic carbocycles. The fourth-order valence-electron chi connectivity index (χ4n) is 1.46. The topological polar surface area (TPSA) is 70.9 Å². The Bertz CT molecular complexity index is 413. The number of rotatable bonds is 6. The van der Waals surface area contributed by atoms with Crippen LogP contribution in [0.25, 0.3) is 0 Å². The summed E-state index contributed by atoms with van der Waals surface area (Å²) in [6.07, 6.45) is 0.990. The molecule has 0 saturated carbocycles. The lowest BCUT2D eigenvalue weighted by Crippen LogP contribution is -2.20. The second-order valence-corrected chi connectivity index (χ2v) is 3.70. The number of benzene rings is 1. The molecule has 0 fully saturated rings. The second-order valence-electron chi connectivity index (χ2n) is 3.70. The van der Waals surface area contributed by atoms with Gasteiger partial charge in [0.2, 0.25) is 5.91 Å². The van der Waals surface area contributed by atoms with E-state index in [0.29, 0.717) is 30.9 Å². The van der Waals surface area contributed by atoms with Gasteiger partial charge in [-0.15, -0.1) is 0 Å². The number of hydrogen-bond acceptors (Lipinski definition) is 4. The van der Waals surface area contributed by atoms with Crippen LogP contribution in [0.1, 0.15) is 25.3 Å². The molecule has 1 aromatic carbocycles. The Morgan fingerprint density at radius 2 is 2.06 bits per heavy atom. The summed E-state index contributed by atoms with van der Waals surface area (Å²) in [6.45, 7) is 2.26. The summed E-state index contributed by atoms with van der Waals surface area (Å²) in [4.78, 5) is 11.0. The van der Waals surface area contributed by atoms with Crippen molar-refractivity contribution in [3.8, 4) is 5.75 Å². The number of hydrogen-bond donors (Lipinski definition) is 2. The predicted octanol–water partition coefficient (Wildman–Crippen LogP) is 1.79. The second kappa shape index (κ2) is 7.32. The van der Waals surface area contributed by atoms with E-state index >= 15 is 0 Å². The van der Waals surface area contributed by atoms with Gasteiger partial charge in [0, 0.05) is 7.05 Å². The number of nitrogens with one attached hydrogen (secondary N) is 1. The van der Waals surface area contributed by atoms with Crippen LogP contribution in [0.15, 0.2) is 29.4 Å². The van der Waals surface area contributed by atoms with Crippen LogP contribution in [0.4, 0.5) is 0 Å². The number of nitrogens with zero attached hydrogens (tertiary/aromatic N) is 1. The van der Waals surface area contributed by atoms with Crippen LogP contribution >= 0.6 is 0 Å². The van der Waals surface area contributed by atoms with Crippen molar-refractivity contribution in [2.45, 2.75) is 19.8 Å². The number of carbonyl (C=O) groups excluding carboxylic acids is 1. The van der Waals surface area contributed by atoms with Gasteiger partial charge in [-0.25, -0.2) is 0 Å². The van der Waals surface area contributed by atoms with Gasteiger partial charge in [-0.1, -0.05) is 12.1 Å². The third kappa shape index (κ3) is 4.08. The smallest absolute Gasteiger partial charge is 0.223 e. The Labute approximate surface area is 106 Å². The summed E-state index contributed by atoms with van der Waals surface area (Å²) in [7, 11) is 1.59. The van der Waals surface area contributed by atoms with E-state index in [1.807, 2.05) is 19.1 Å². The Hall–Kier alpha value is -2.04. The summed E-state index contributed by atoms with van der Waals surface area (Å²) < 4.78 is 5.42. The molecule has 98 valence electrons. The van der Waals surface area contributed by atoms with Crippen molar-refractivity contribution in [3.63, 3.8) is 0 Å². The van der Waals surface area contributed by atoms with Crippen molar-refractivity contribution in [2.24, 2.45) is 5.16 Å². The molecule has 5 nitrogen and oxygen atoms in total.